The van der Waals surface area contributed by atoms with Crippen molar-refractivity contribution in [2.75, 3.05) is 5.73 Å². The molecule has 1 heterocycles. The Morgan fingerprint density at radius 2 is 2.00 bits per heavy atom. The predicted octanol–water partition coefficient (Wildman–Crippen LogP) is 2.05. The maximum Gasteiger partial charge on any atom is 0.152 e. The molecule has 0 saturated heterocycles. The molecule has 1 aromatic rings. The van der Waals surface area contributed by atoms with Crippen LogP contribution in [0.1, 0.15) is 19.5 Å². The molecular formula is C7H12ClN3. The molecule has 1 aromatic heterocycles. The summed E-state index contributed by atoms with van der Waals surface area (Å²) in [5, 5.41) is 0.370. The summed E-state index contributed by atoms with van der Waals surface area (Å²) in [5.41, 5.74) is 5.97. The largest absolute Gasteiger partial charge is 0.382 e. The quantitative estimate of drug-likeness (QED) is 0.654. The lowest BCUT2D eigenvalue weighted by atomic mass is 10.5. The van der Waals surface area contributed by atoms with Gasteiger partial charge in [-0.25, -0.2) is 4.98 Å². The van der Waals surface area contributed by atoms with E-state index in [-0.39, 0.29) is 0 Å². The van der Waals surface area contributed by atoms with Crippen LogP contribution in [-0.4, -0.2) is 9.97 Å². The highest BCUT2D eigenvalue weighted by atomic mass is 35.5. The van der Waals surface area contributed by atoms with E-state index in [1.165, 1.54) is 6.20 Å². The fraction of sp³-hybridized carbons (Fsp3) is 0.429. The Morgan fingerprint density at radius 1 is 1.45 bits per heavy atom. The monoisotopic (exact) mass is 173 g/mol. The first-order valence-corrected chi connectivity index (χ1v) is 3.82. The molecule has 0 saturated carbocycles. The minimum Gasteiger partial charge on any atom is -0.382 e. The zero-order valence-electron chi connectivity index (χ0n) is 6.93. The van der Waals surface area contributed by atoms with Crippen molar-refractivity contribution in [1.29, 1.82) is 0 Å². The Morgan fingerprint density at radius 3 is 2.36 bits per heavy atom. The standard InChI is InChI=1S/C5H6ClN3.C2H6/c1-3-5(6)9-4(7)2-8-3;1-2/h2H,1H3,(H2,7,9);1-2H3. The van der Waals surface area contributed by atoms with Gasteiger partial charge in [-0.1, -0.05) is 25.4 Å². The lowest BCUT2D eigenvalue weighted by Crippen LogP contribution is -1.93. The van der Waals surface area contributed by atoms with Crippen LogP contribution in [0.5, 0.6) is 0 Å². The van der Waals surface area contributed by atoms with Gasteiger partial charge in [0.05, 0.1) is 11.9 Å². The van der Waals surface area contributed by atoms with Crippen molar-refractivity contribution in [1.82, 2.24) is 9.97 Å². The van der Waals surface area contributed by atoms with Gasteiger partial charge in [-0.15, -0.1) is 0 Å². The number of anilines is 1. The summed E-state index contributed by atoms with van der Waals surface area (Å²) in [6, 6.07) is 0. The Balaban J connectivity index is 0.000000461. The van der Waals surface area contributed by atoms with E-state index in [1.807, 2.05) is 13.8 Å². The highest BCUT2D eigenvalue weighted by Gasteiger charge is 1.95. The van der Waals surface area contributed by atoms with Gasteiger partial charge in [0.25, 0.3) is 0 Å². The van der Waals surface area contributed by atoms with E-state index < -0.39 is 0 Å². The van der Waals surface area contributed by atoms with Gasteiger partial charge in [0.15, 0.2) is 5.15 Å². The topological polar surface area (TPSA) is 51.8 Å². The molecular weight excluding hydrogens is 162 g/mol. The summed E-state index contributed by atoms with van der Waals surface area (Å²) in [7, 11) is 0. The van der Waals surface area contributed by atoms with Gasteiger partial charge in [0, 0.05) is 0 Å². The minimum absolute atomic E-state index is 0.352. The van der Waals surface area contributed by atoms with E-state index in [9.17, 15) is 0 Å². The molecule has 4 heteroatoms. The van der Waals surface area contributed by atoms with E-state index >= 15 is 0 Å². The van der Waals surface area contributed by atoms with Gasteiger partial charge in [-0.3, -0.25) is 4.98 Å². The van der Waals surface area contributed by atoms with Gasteiger partial charge in [0.1, 0.15) is 5.82 Å². The molecule has 0 unspecified atom stereocenters. The van der Waals surface area contributed by atoms with Crippen LogP contribution in [0.25, 0.3) is 0 Å². The Kier molecular flexibility index (Phi) is 4.54. The Bertz CT molecular complexity index is 225. The molecule has 0 fully saturated rings. The molecule has 0 atom stereocenters. The molecule has 2 N–H and O–H groups in total. The number of hydrogen-bond donors (Lipinski definition) is 1. The van der Waals surface area contributed by atoms with Crippen molar-refractivity contribution in [3.05, 3.63) is 17.0 Å². The fourth-order valence-corrected chi connectivity index (χ4v) is 0.586. The maximum atomic E-state index is 5.56. The normalized spacial score (nSPS) is 8.36. The first kappa shape index (κ1) is 10.2. The second-order valence-electron chi connectivity index (χ2n) is 1.67. The van der Waals surface area contributed by atoms with Crippen molar-refractivity contribution in [3.8, 4) is 0 Å². The third-order valence-electron chi connectivity index (χ3n) is 0.916. The van der Waals surface area contributed by atoms with E-state index in [0.717, 1.165) is 0 Å². The van der Waals surface area contributed by atoms with Crippen LogP contribution in [-0.2, 0) is 0 Å². The van der Waals surface area contributed by atoms with E-state index in [1.54, 1.807) is 6.92 Å². The summed E-state index contributed by atoms with van der Waals surface area (Å²) < 4.78 is 0. The van der Waals surface area contributed by atoms with Gasteiger partial charge >= 0.3 is 0 Å². The number of aryl methyl sites for hydroxylation is 1. The highest BCUT2D eigenvalue weighted by Crippen LogP contribution is 2.08. The Labute approximate surface area is 71.6 Å². The average molecular weight is 174 g/mol. The number of rotatable bonds is 0. The van der Waals surface area contributed by atoms with E-state index in [2.05, 4.69) is 9.97 Å². The van der Waals surface area contributed by atoms with Crippen molar-refractivity contribution >= 4 is 17.4 Å². The van der Waals surface area contributed by atoms with Crippen LogP contribution in [0.2, 0.25) is 5.15 Å². The van der Waals surface area contributed by atoms with Crippen LogP contribution in [0.15, 0.2) is 6.20 Å². The highest BCUT2D eigenvalue weighted by molar-refractivity contribution is 6.30. The third-order valence-corrected chi connectivity index (χ3v) is 1.27. The minimum atomic E-state index is 0.352. The smallest absolute Gasteiger partial charge is 0.152 e. The molecule has 1 rings (SSSR count). The number of nitrogen functional groups attached to an aromatic ring is 1. The second kappa shape index (κ2) is 4.91. The van der Waals surface area contributed by atoms with Crippen LogP contribution in [0.4, 0.5) is 5.82 Å². The lowest BCUT2D eigenvalue weighted by Gasteiger charge is -1.94. The SMILES string of the molecule is CC.Cc1ncc(N)nc1Cl. The molecule has 0 aliphatic carbocycles. The van der Waals surface area contributed by atoms with Gasteiger partial charge < -0.3 is 5.73 Å². The zero-order valence-corrected chi connectivity index (χ0v) is 7.68. The average Bonchev–Trinajstić information content (AvgIpc) is 2.02. The molecule has 0 spiro atoms. The molecule has 62 valence electrons. The first-order valence-electron chi connectivity index (χ1n) is 3.45. The number of nitrogens with zero attached hydrogens (tertiary/aromatic N) is 2. The van der Waals surface area contributed by atoms with Gasteiger partial charge in [-0.2, -0.15) is 0 Å². The fourth-order valence-electron chi connectivity index (χ4n) is 0.439. The van der Waals surface area contributed by atoms with Gasteiger partial charge in [-0.05, 0) is 6.92 Å². The number of nitrogens with two attached hydrogens (primary N) is 1. The van der Waals surface area contributed by atoms with Crippen molar-refractivity contribution in [2.24, 2.45) is 0 Å². The summed E-state index contributed by atoms with van der Waals surface area (Å²) in [6.07, 6.45) is 1.47. The van der Waals surface area contributed by atoms with Crippen LogP contribution >= 0.6 is 11.6 Å². The van der Waals surface area contributed by atoms with Crippen LogP contribution < -0.4 is 5.73 Å². The van der Waals surface area contributed by atoms with Crippen molar-refractivity contribution < 1.29 is 0 Å². The summed E-state index contributed by atoms with van der Waals surface area (Å²) in [6.45, 7) is 5.77. The number of hydrogen-bond acceptors (Lipinski definition) is 3. The van der Waals surface area contributed by atoms with Gasteiger partial charge in [0.2, 0.25) is 0 Å². The molecule has 0 aromatic carbocycles. The Hall–Kier alpha value is -0.830. The maximum absolute atomic E-state index is 5.56. The zero-order chi connectivity index (χ0) is 8.85. The first-order chi connectivity index (χ1) is 5.20. The van der Waals surface area contributed by atoms with Crippen LogP contribution in [0, 0.1) is 6.92 Å². The lowest BCUT2D eigenvalue weighted by molar-refractivity contribution is 1.13. The van der Waals surface area contributed by atoms with Crippen LogP contribution in [0.3, 0.4) is 0 Å². The van der Waals surface area contributed by atoms with E-state index in [4.69, 9.17) is 17.3 Å². The summed E-state index contributed by atoms with van der Waals surface area (Å²) in [4.78, 5) is 7.61. The van der Waals surface area contributed by atoms with Crippen molar-refractivity contribution in [3.63, 3.8) is 0 Å². The predicted molar refractivity (Wildman–Crippen MR) is 47.5 cm³/mol. The molecule has 0 aliphatic heterocycles. The number of aromatic nitrogens is 2. The summed E-state index contributed by atoms with van der Waals surface area (Å²) in [5.74, 6) is 0.352. The second-order valence-corrected chi connectivity index (χ2v) is 2.03. The molecule has 3 nitrogen and oxygen atoms in total. The third kappa shape index (κ3) is 3.18. The molecule has 0 amide bonds. The molecule has 0 aliphatic rings. The molecule has 0 bridgehead atoms. The molecule has 11 heavy (non-hydrogen) atoms. The summed E-state index contributed by atoms with van der Waals surface area (Å²) >= 11 is 5.56. The van der Waals surface area contributed by atoms with Crippen molar-refractivity contribution in [2.45, 2.75) is 20.8 Å². The van der Waals surface area contributed by atoms with E-state index in [0.29, 0.717) is 16.7 Å². The number of halogens is 1. The molecule has 0 radical (unpaired) electrons.